The van der Waals surface area contributed by atoms with Crippen molar-refractivity contribution in [2.75, 3.05) is 36.4 Å². The normalized spacial score (nSPS) is 17.8. The van der Waals surface area contributed by atoms with Crippen molar-refractivity contribution < 1.29 is 17.6 Å². The molecule has 0 unspecified atom stereocenters. The van der Waals surface area contributed by atoms with E-state index in [-0.39, 0.29) is 35.6 Å². The lowest BCUT2D eigenvalue weighted by Crippen LogP contribution is -2.41. The molecule has 2 aromatic carbocycles. The second-order valence-electron chi connectivity index (χ2n) is 8.16. The van der Waals surface area contributed by atoms with Gasteiger partial charge in [0, 0.05) is 37.8 Å². The van der Waals surface area contributed by atoms with Crippen molar-refractivity contribution in [2.45, 2.75) is 30.6 Å². The fourth-order valence-electron chi connectivity index (χ4n) is 4.25. The molecule has 0 atom stereocenters. The van der Waals surface area contributed by atoms with Gasteiger partial charge in [0.25, 0.3) is 0 Å². The van der Waals surface area contributed by atoms with E-state index in [0.717, 1.165) is 25.9 Å². The first kappa shape index (κ1) is 22.2. The van der Waals surface area contributed by atoms with Gasteiger partial charge >= 0.3 is 0 Å². The maximum atomic E-state index is 14.5. The lowest BCUT2D eigenvalue weighted by atomic mass is 9.97. The number of sulfonamides is 1. The van der Waals surface area contributed by atoms with Gasteiger partial charge in [0.1, 0.15) is 5.82 Å². The van der Waals surface area contributed by atoms with Gasteiger partial charge < -0.3 is 10.2 Å². The van der Waals surface area contributed by atoms with Gasteiger partial charge in [0.05, 0.1) is 22.2 Å². The number of nitrogens with one attached hydrogen (secondary N) is 1. The average molecular weight is 457 g/mol. The standard InChI is InChI=1S/C23H25FN4O3S/c24-21-15-19(5-8-22(21)27-11-1-2-12-27)26-23(29)18-9-13-28(14-10-18)32(30,31)20-6-3-17(16-25)4-7-20/h3-8,15,18H,1-2,9-14H2,(H,26,29). The number of rotatable bonds is 5. The molecule has 2 heterocycles. The average Bonchev–Trinajstić information content (AvgIpc) is 3.34. The van der Waals surface area contributed by atoms with Gasteiger partial charge in [-0.3, -0.25) is 4.79 Å². The Balaban J connectivity index is 1.35. The van der Waals surface area contributed by atoms with E-state index in [0.29, 0.717) is 29.8 Å². The van der Waals surface area contributed by atoms with Crippen molar-refractivity contribution in [1.29, 1.82) is 5.26 Å². The molecule has 2 fully saturated rings. The SMILES string of the molecule is N#Cc1ccc(S(=O)(=O)N2CCC(C(=O)Nc3ccc(N4CCCC4)c(F)c3)CC2)cc1. The number of halogens is 1. The molecular weight excluding hydrogens is 431 g/mol. The highest BCUT2D eigenvalue weighted by molar-refractivity contribution is 7.89. The highest BCUT2D eigenvalue weighted by Gasteiger charge is 2.32. The minimum absolute atomic E-state index is 0.132. The minimum atomic E-state index is -3.68. The summed E-state index contributed by atoms with van der Waals surface area (Å²) in [5.41, 5.74) is 1.36. The number of piperidine rings is 1. The fourth-order valence-corrected chi connectivity index (χ4v) is 5.72. The Morgan fingerprint density at radius 2 is 1.69 bits per heavy atom. The van der Waals surface area contributed by atoms with E-state index in [1.165, 1.54) is 34.6 Å². The smallest absolute Gasteiger partial charge is 0.243 e. The molecule has 2 aromatic rings. The van der Waals surface area contributed by atoms with Gasteiger partial charge in [-0.05, 0) is 68.1 Å². The van der Waals surface area contributed by atoms with Gasteiger partial charge in [0.2, 0.25) is 15.9 Å². The zero-order valence-corrected chi connectivity index (χ0v) is 18.4. The van der Waals surface area contributed by atoms with Crippen LogP contribution >= 0.6 is 0 Å². The van der Waals surface area contributed by atoms with E-state index in [1.54, 1.807) is 12.1 Å². The van der Waals surface area contributed by atoms with Crippen molar-refractivity contribution >= 4 is 27.3 Å². The molecule has 4 rings (SSSR count). The van der Waals surface area contributed by atoms with Crippen molar-refractivity contribution in [3.63, 3.8) is 0 Å². The topological polar surface area (TPSA) is 93.5 Å². The Hall–Kier alpha value is -2.96. The summed E-state index contributed by atoms with van der Waals surface area (Å²) in [6, 6.07) is 12.5. The summed E-state index contributed by atoms with van der Waals surface area (Å²) in [4.78, 5) is 14.8. The fraction of sp³-hybridized carbons (Fsp3) is 0.391. The maximum Gasteiger partial charge on any atom is 0.243 e. The van der Waals surface area contributed by atoms with Gasteiger partial charge in [-0.2, -0.15) is 9.57 Å². The third kappa shape index (κ3) is 4.61. The molecule has 2 aliphatic heterocycles. The quantitative estimate of drug-likeness (QED) is 0.745. The molecule has 32 heavy (non-hydrogen) atoms. The summed E-state index contributed by atoms with van der Waals surface area (Å²) in [5.74, 6) is -0.925. The Morgan fingerprint density at radius 3 is 2.28 bits per heavy atom. The monoisotopic (exact) mass is 456 g/mol. The molecule has 1 amide bonds. The van der Waals surface area contributed by atoms with Crippen molar-refractivity contribution in [1.82, 2.24) is 4.31 Å². The summed E-state index contributed by atoms with van der Waals surface area (Å²) >= 11 is 0. The largest absolute Gasteiger partial charge is 0.369 e. The number of carbonyl (C=O) groups is 1. The number of amides is 1. The number of nitriles is 1. The van der Waals surface area contributed by atoms with Gasteiger partial charge in [-0.1, -0.05) is 0 Å². The van der Waals surface area contributed by atoms with Crippen LogP contribution in [0.5, 0.6) is 0 Å². The van der Waals surface area contributed by atoms with E-state index < -0.39 is 10.0 Å². The molecule has 0 saturated carbocycles. The number of hydrogen-bond donors (Lipinski definition) is 1. The minimum Gasteiger partial charge on any atom is -0.369 e. The van der Waals surface area contributed by atoms with Crippen molar-refractivity contribution in [3.8, 4) is 6.07 Å². The molecule has 1 N–H and O–H groups in total. The van der Waals surface area contributed by atoms with E-state index >= 15 is 0 Å². The third-order valence-electron chi connectivity index (χ3n) is 6.11. The van der Waals surface area contributed by atoms with E-state index in [4.69, 9.17) is 5.26 Å². The third-order valence-corrected chi connectivity index (χ3v) is 8.02. The lowest BCUT2D eigenvalue weighted by molar-refractivity contribution is -0.120. The number of nitrogens with zero attached hydrogens (tertiary/aromatic N) is 3. The molecule has 0 radical (unpaired) electrons. The number of hydrogen-bond acceptors (Lipinski definition) is 5. The van der Waals surface area contributed by atoms with E-state index in [2.05, 4.69) is 5.32 Å². The molecule has 0 bridgehead atoms. The zero-order chi connectivity index (χ0) is 22.7. The number of carbonyl (C=O) groups excluding carboxylic acids is 1. The molecule has 2 saturated heterocycles. The van der Waals surface area contributed by atoms with Crippen LogP contribution < -0.4 is 10.2 Å². The van der Waals surface area contributed by atoms with Crippen LogP contribution in [0.1, 0.15) is 31.2 Å². The highest BCUT2D eigenvalue weighted by Crippen LogP contribution is 2.28. The second-order valence-corrected chi connectivity index (χ2v) is 10.1. The van der Waals surface area contributed by atoms with Crippen LogP contribution in [0.25, 0.3) is 0 Å². The first-order valence-electron chi connectivity index (χ1n) is 10.7. The molecule has 9 heteroatoms. The Kier molecular flexibility index (Phi) is 6.44. The van der Waals surface area contributed by atoms with Crippen LogP contribution in [0.15, 0.2) is 47.4 Å². The Labute approximate surface area is 187 Å². The van der Waals surface area contributed by atoms with Crippen molar-refractivity contribution in [2.24, 2.45) is 5.92 Å². The first-order chi connectivity index (χ1) is 15.4. The van der Waals surface area contributed by atoms with E-state index in [1.807, 2.05) is 11.0 Å². The summed E-state index contributed by atoms with van der Waals surface area (Å²) in [6.45, 7) is 2.13. The lowest BCUT2D eigenvalue weighted by Gasteiger charge is -2.30. The van der Waals surface area contributed by atoms with Crippen LogP contribution in [-0.4, -0.2) is 44.8 Å². The predicted octanol–water partition coefficient (Wildman–Crippen LogP) is 3.34. The highest BCUT2D eigenvalue weighted by atomic mass is 32.2. The van der Waals surface area contributed by atoms with E-state index in [9.17, 15) is 17.6 Å². The molecule has 168 valence electrons. The Morgan fingerprint density at radius 1 is 1.03 bits per heavy atom. The maximum absolute atomic E-state index is 14.5. The van der Waals surface area contributed by atoms with Crippen LogP contribution in [0.3, 0.4) is 0 Å². The molecule has 0 aromatic heterocycles. The first-order valence-corrected chi connectivity index (χ1v) is 12.2. The van der Waals surface area contributed by atoms with Crippen LogP contribution in [0, 0.1) is 23.1 Å². The van der Waals surface area contributed by atoms with Crippen LogP contribution in [0.2, 0.25) is 0 Å². The van der Waals surface area contributed by atoms with Gasteiger partial charge in [-0.15, -0.1) is 0 Å². The molecule has 0 spiro atoms. The summed E-state index contributed by atoms with van der Waals surface area (Å²) < 4.78 is 41.5. The second kappa shape index (κ2) is 9.27. The molecule has 0 aliphatic carbocycles. The summed E-state index contributed by atoms with van der Waals surface area (Å²) in [7, 11) is -3.68. The molecule has 7 nitrogen and oxygen atoms in total. The van der Waals surface area contributed by atoms with Crippen molar-refractivity contribution in [3.05, 3.63) is 53.8 Å². The Bertz CT molecular complexity index is 1130. The van der Waals surface area contributed by atoms with Crippen LogP contribution in [0.4, 0.5) is 15.8 Å². The zero-order valence-electron chi connectivity index (χ0n) is 17.6. The molecule has 2 aliphatic rings. The van der Waals surface area contributed by atoms with Gasteiger partial charge in [-0.25, -0.2) is 12.8 Å². The summed E-state index contributed by atoms with van der Waals surface area (Å²) in [5, 5.41) is 11.6. The number of anilines is 2. The van der Waals surface area contributed by atoms with Crippen LogP contribution in [-0.2, 0) is 14.8 Å². The summed E-state index contributed by atoms with van der Waals surface area (Å²) in [6.07, 6.45) is 2.88. The number of benzene rings is 2. The molecular formula is C23H25FN4O3S. The van der Waals surface area contributed by atoms with Gasteiger partial charge in [0.15, 0.2) is 0 Å². The predicted molar refractivity (Wildman–Crippen MR) is 119 cm³/mol.